The van der Waals surface area contributed by atoms with Crippen molar-refractivity contribution < 1.29 is 13.2 Å². The second kappa shape index (κ2) is 6.65. The second-order valence-electron chi connectivity index (χ2n) is 6.05. The van der Waals surface area contributed by atoms with Gasteiger partial charge in [-0.3, -0.25) is 4.72 Å². The number of ether oxygens (including phenoxy) is 1. The summed E-state index contributed by atoms with van der Waals surface area (Å²) in [5.41, 5.74) is 3.59. The monoisotopic (exact) mass is 365 g/mol. The smallest absolute Gasteiger partial charge is 0.265 e. The van der Waals surface area contributed by atoms with Crippen LogP contribution in [0.25, 0.3) is 0 Å². The number of methoxy groups -OCH3 is 1. The van der Waals surface area contributed by atoms with Crippen LogP contribution in [0.5, 0.6) is 5.75 Å². The molecular formula is C18H20ClNO3S. The molecule has 3 rings (SSSR count). The van der Waals surface area contributed by atoms with Crippen molar-refractivity contribution in [2.45, 2.75) is 37.5 Å². The molecule has 0 saturated heterocycles. The molecule has 2 aromatic carbocycles. The average Bonchev–Trinajstić information content (AvgIpc) is 2.56. The van der Waals surface area contributed by atoms with Gasteiger partial charge >= 0.3 is 0 Å². The highest BCUT2D eigenvalue weighted by Gasteiger charge is 2.23. The number of benzene rings is 2. The number of rotatable bonds is 4. The van der Waals surface area contributed by atoms with Crippen molar-refractivity contribution in [3.63, 3.8) is 0 Å². The van der Waals surface area contributed by atoms with E-state index < -0.39 is 10.0 Å². The van der Waals surface area contributed by atoms with Crippen LogP contribution in [0, 0.1) is 6.92 Å². The van der Waals surface area contributed by atoms with Gasteiger partial charge in [-0.1, -0.05) is 17.7 Å². The van der Waals surface area contributed by atoms with Gasteiger partial charge < -0.3 is 4.74 Å². The first-order valence-electron chi connectivity index (χ1n) is 7.89. The zero-order valence-electron chi connectivity index (χ0n) is 13.7. The Labute approximate surface area is 147 Å². The molecule has 0 amide bonds. The molecule has 0 spiro atoms. The number of aryl methyl sites for hydroxylation is 3. The maximum Gasteiger partial charge on any atom is 0.265 e. The Hall–Kier alpha value is -1.72. The molecule has 0 heterocycles. The van der Waals surface area contributed by atoms with Crippen LogP contribution < -0.4 is 9.46 Å². The Morgan fingerprint density at radius 1 is 1.08 bits per heavy atom. The van der Waals surface area contributed by atoms with Crippen molar-refractivity contribution in [3.05, 3.63) is 52.0 Å². The fourth-order valence-corrected chi connectivity index (χ4v) is 4.41. The minimum Gasteiger partial charge on any atom is -0.495 e. The molecule has 128 valence electrons. The van der Waals surface area contributed by atoms with Crippen molar-refractivity contribution in [2.24, 2.45) is 0 Å². The Balaban J connectivity index is 2.00. The molecule has 0 unspecified atom stereocenters. The number of hydrogen-bond donors (Lipinski definition) is 1. The number of nitrogens with one attached hydrogen (secondary N) is 1. The van der Waals surface area contributed by atoms with Crippen molar-refractivity contribution in [2.75, 3.05) is 11.8 Å². The lowest BCUT2D eigenvalue weighted by molar-refractivity contribution is 0.401. The normalized spacial score (nSPS) is 14.1. The van der Waals surface area contributed by atoms with Gasteiger partial charge in [0, 0.05) is 5.02 Å². The van der Waals surface area contributed by atoms with Crippen LogP contribution in [0.2, 0.25) is 5.02 Å². The molecule has 0 saturated carbocycles. The Morgan fingerprint density at radius 2 is 1.75 bits per heavy atom. The topological polar surface area (TPSA) is 55.4 Å². The summed E-state index contributed by atoms with van der Waals surface area (Å²) >= 11 is 6.08. The zero-order chi connectivity index (χ0) is 17.3. The predicted octanol–water partition coefficient (Wildman–Crippen LogP) is 4.34. The van der Waals surface area contributed by atoms with E-state index in [2.05, 4.69) is 4.72 Å². The van der Waals surface area contributed by atoms with Crippen molar-refractivity contribution in [3.8, 4) is 5.75 Å². The van der Waals surface area contributed by atoms with E-state index >= 15 is 0 Å². The number of hydrogen-bond acceptors (Lipinski definition) is 3. The lowest BCUT2D eigenvalue weighted by Gasteiger charge is -2.19. The third-order valence-electron chi connectivity index (χ3n) is 4.34. The molecule has 0 radical (unpaired) electrons. The SMILES string of the molecule is COc1cc2c(cc1S(=O)(=O)Nc1ccc(C)c(Cl)c1)CCCC2. The Morgan fingerprint density at radius 3 is 2.38 bits per heavy atom. The van der Waals surface area contributed by atoms with E-state index in [-0.39, 0.29) is 4.90 Å². The summed E-state index contributed by atoms with van der Waals surface area (Å²) in [6.07, 6.45) is 4.08. The van der Waals surface area contributed by atoms with Gasteiger partial charge in [0.1, 0.15) is 10.6 Å². The molecule has 0 aromatic heterocycles. The van der Waals surface area contributed by atoms with Gasteiger partial charge in [-0.05, 0) is 73.6 Å². The van der Waals surface area contributed by atoms with Gasteiger partial charge in [-0.2, -0.15) is 0 Å². The Bertz CT molecular complexity index is 878. The number of anilines is 1. The van der Waals surface area contributed by atoms with E-state index in [1.807, 2.05) is 13.0 Å². The van der Waals surface area contributed by atoms with Crippen molar-refractivity contribution >= 4 is 27.3 Å². The first kappa shape index (κ1) is 17.1. The van der Waals surface area contributed by atoms with Gasteiger partial charge in [0.05, 0.1) is 12.8 Å². The average molecular weight is 366 g/mol. The molecule has 0 aliphatic heterocycles. The zero-order valence-corrected chi connectivity index (χ0v) is 15.3. The minimum absolute atomic E-state index is 0.169. The maximum atomic E-state index is 12.8. The summed E-state index contributed by atoms with van der Waals surface area (Å²) in [4.78, 5) is 0.169. The van der Waals surface area contributed by atoms with E-state index in [0.29, 0.717) is 16.5 Å². The molecule has 1 N–H and O–H groups in total. The quantitative estimate of drug-likeness (QED) is 0.876. The molecule has 1 aliphatic rings. The molecule has 24 heavy (non-hydrogen) atoms. The Kier molecular flexibility index (Phi) is 4.74. The first-order chi connectivity index (χ1) is 11.4. The third kappa shape index (κ3) is 3.37. The summed E-state index contributed by atoms with van der Waals surface area (Å²) < 4.78 is 33.6. The van der Waals surface area contributed by atoms with Crippen LogP contribution in [-0.2, 0) is 22.9 Å². The molecule has 4 nitrogen and oxygen atoms in total. The van der Waals surface area contributed by atoms with E-state index in [4.69, 9.17) is 16.3 Å². The van der Waals surface area contributed by atoms with Crippen LogP contribution in [-0.4, -0.2) is 15.5 Å². The highest BCUT2D eigenvalue weighted by atomic mass is 35.5. The van der Waals surface area contributed by atoms with Gasteiger partial charge in [0.15, 0.2) is 0 Å². The molecule has 0 bridgehead atoms. The minimum atomic E-state index is -3.75. The maximum absolute atomic E-state index is 12.8. The number of halogens is 1. The fourth-order valence-electron chi connectivity index (χ4n) is 2.98. The van der Waals surface area contributed by atoms with E-state index in [0.717, 1.165) is 36.8 Å². The van der Waals surface area contributed by atoms with Crippen LogP contribution >= 0.6 is 11.6 Å². The van der Waals surface area contributed by atoms with Crippen molar-refractivity contribution in [1.82, 2.24) is 0 Å². The first-order valence-corrected chi connectivity index (χ1v) is 9.75. The van der Waals surface area contributed by atoms with Gasteiger partial charge in [0.25, 0.3) is 10.0 Å². The number of fused-ring (bicyclic) bond motifs is 1. The second-order valence-corrected chi connectivity index (χ2v) is 8.11. The summed E-state index contributed by atoms with van der Waals surface area (Å²) in [6.45, 7) is 1.87. The number of sulfonamides is 1. The van der Waals surface area contributed by atoms with Crippen LogP contribution in [0.15, 0.2) is 35.2 Å². The predicted molar refractivity (Wildman–Crippen MR) is 96.6 cm³/mol. The summed E-state index contributed by atoms with van der Waals surface area (Å²) in [7, 11) is -2.26. The highest BCUT2D eigenvalue weighted by molar-refractivity contribution is 7.92. The van der Waals surface area contributed by atoms with E-state index in [1.165, 1.54) is 12.7 Å². The van der Waals surface area contributed by atoms with Crippen LogP contribution in [0.4, 0.5) is 5.69 Å². The summed E-state index contributed by atoms with van der Waals surface area (Å²) in [6, 6.07) is 8.68. The molecule has 2 aromatic rings. The summed E-state index contributed by atoms with van der Waals surface area (Å²) in [5, 5.41) is 0.521. The molecule has 0 atom stereocenters. The van der Waals surface area contributed by atoms with Gasteiger partial charge in [-0.15, -0.1) is 0 Å². The standard InChI is InChI=1S/C18H20ClNO3S/c1-12-7-8-15(11-16(12)19)20-24(21,22)18-10-14-6-4-3-5-13(14)9-17(18)23-2/h7-11,20H,3-6H2,1-2H3. The molecular weight excluding hydrogens is 346 g/mol. The summed E-state index contributed by atoms with van der Waals surface area (Å²) in [5.74, 6) is 0.376. The molecule has 1 aliphatic carbocycles. The fraction of sp³-hybridized carbons (Fsp3) is 0.333. The highest BCUT2D eigenvalue weighted by Crippen LogP contribution is 2.33. The largest absolute Gasteiger partial charge is 0.495 e. The van der Waals surface area contributed by atoms with E-state index in [9.17, 15) is 8.42 Å². The van der Waals surface area contributed by atoms with Crippen LogP contribution in [0.3, 0.4) is 0 Å². The lowest BCUT2D eigenvalue weighted by Crippen LogP contribution is -2.16. The third-order valence-corrected chi connectivity index (χ3v) is 6.15. The van der Waals surface area contributed by atoms with Crippen LogP contribution in [0.1, 0.15) is 29.5 Å². The lowest BCUT2D eigenvalue weighted by atomic mass is 9.92. The van der Waals surface area contributed by atoms with Crippen molar-refractivity contribution in [1.29, 1.82) is 0 Å². The van der Waals surface area contributed by atoms with Gasteiger partial charge in [0.2, 0.25) is 0 Å². The van der Waals surface area contributed by atoms with Gasteiger partial charge in [-0.25, -0.2) is 8.42 Å². The molecule has 6 heteroatoms. The molecule has 0 fully saturated rings. The van der Waals surface area contributed by atoms with E-state index in [1.54, 1.807) is 24.3 Å².